The lowest BCUT2D eigenvalue weighted by Crippen LogP contribution is -2.25. The highest BCUT2D eigenvalue weighted by atomic mass is 35.5. The van der Waals surface area contributed by atoms with Crippen LogP contribution in [0.1, 0.15) is 44.1 Å². The lowest BCUT2D eigenvalue weighted by molar-refractivity contribution is -0.136. The molecule has 5 heteroatoms. The first kappa shape index (κ1) is 20.2. The second-order valence-corrected chi connectivity index (χ2v) is 6.83. The van der Waals surface area contributed by atoms with Crippen molar-refractivity contribution in [1.82, 2.24) is 0 Å². The number of rotatable bonds is 7. The number of methoxy groups -OCH3 is 2. The molecule has 0 saturated carbocycles. The third kappa shape index (κ3) is 4.76. The van der Waals surface area contributed by atoms with E-state index in [1.54, 1.807) is 6.08 Å². The molecule has 2 rings (SSSR count). The van der Waals surface area contributed by atoms with Gasteiger partial charge in [-0.15, -0.1) is 0 Å². The van der Waals surface area contributed by atoms with Gasteiger partial charge >= 0.3 is 11.9 Å². The predicted molar refractivity (Wildman–Crippen MR) is 102 cm³/mol. The molecule has 0 N–H and O–H groups in total. The highest BCUT2D eigenvalue weighted by Gasteiger charge is 2.34. The summed E-state index contributed by atoms with van der Waals surface area (Å²) in [5.41, 5.74) is 1.85. The van der Waals surface area contributed by atoms with E-state index < -0.39 is 11.9 Å². The van der Waals surface area contributed by atoms with E-state index in [1.165, 1.54) is 14.2 Å². The van der Waals surface area contributed by atoms with Gasteiger partial charge in [-0.1, -0.05) is 56.0 Å². The van der Waals surface area contributed by atoms with E-state index in [9.17, 15) is 9.59 Å². The third-order valence-electron chi connectivity index (χ3n) is 4.68. The third-order valence-corrected chi connectivity index (χ3v) is 4.93. The van der Waals surface area contributed by atoms with Crippen LogP contribution in [-0.4, -0.2) is 26.2 Å². The van der Waals surface area contributed by atoms with Crippen LogP contribution in [0, 0.1) is 5.92 Å². The molecular weight excluding hydrogens is 352 g/mol. The van der Waals surface area contributed by atoms with Gasteiger partial charge in [-0.3, -0.25) is 0 Å². The molecule has 0 saturated heterocycles. The number of carbonyl (C=O) groups is 2. The lowest BCUT2D eigenvalue weighted by atomic mass is 9.73. The zero-order chi connectivity index (χ0) is 19.1. The van der Waals surface area contributed by atoms with E-state index in [2.05, 4.69) is 6.92 Å². The van der Waals surface area contributed by atoms with Gasteiger partial charge in [-0.05, 0) is 36.1 Å². The minimum absolute atomic E-state index is 0.0101. The molecule has 1 aliphatic carbocycles. The van der Waals surface area contributed by atoms with Crippen LogP contribution in [-0.2, 0) is 19.1 Å². The first-order valence-corrected chi connectivity index (χ1v) is 9.25. The molecule has 0 unspecified atom stereocenters. The fraction of sp³-hybridized carbons (Fsp3) is 0.429. The molecule has 26 heavy (non-hydrogen) atoms. The molecule has 1 aromatic rings. The number of benzene rings is 1. The Bertz CT molecular complexity index is 703. The van der Waals surface area contributed by atoms with Crippen LogP contribution in [0.5, 0.6) is 0 Å². The molecule has 0 bridgehead atoms. The minimum atomic E-state index is -0.443. The molecule has 4 nitrogen and oxygen atoms in total. The molecular formula is C21H25ClO4. The second kappa shape index (κ2) is 9.58. The minimum Gasteiger partial charge on any atom is -0.466 e. The molecule has 0 spiro atoms. The molecule has 0 aliphatic heterocycles. The Morgan fingerprint density at radius 3 is 2.27 bits per heavy atom. The summed E-state index contributed by atoms with van der Waals surface area (Å²) < 4.78 is 9.85. The molecule has 0 radical (unpaired) electrons. The van der Waals surface area contributed by atoms with Gasteiger partial charge in [-0.25, -0.2) is 9.59 Å². The zero-order valence-corrected chi connectivity index (χ0v) is 16.2. The number of ether oxygens (including phenoxy) is 2. The Morgan fingerprint density at radius 1 is 1.04 bits per heavy atom. The van der Waals surface area contributed by atoms with Crippen LogP contribution >= 0.6 is 11.6 Å². The summed E-state index contributed by atoms with van der Waals surface area (Å²) in [6.45, 7) is 2.15. The van der Waals surface area contributed by atoms with E-state index in [-0.39, 0.29) is 11.8 Å². The molecule has 0 aromatic heterocycles. The van der Waals surface area contributed by atoms with Crippen LogP contribution in [0.2, 0.25) is 5.02 Å². The van der Waals surface area contributed by atoms with Crippen molar-refractivity contribution in [3.8, 4) is 0 Å². The highest BCUT2D eigenvalue weighted by molar-refractivity contribution is 6.30. The number of allylic oxidation sites excluding steroid dienone is 1. The van der Waals surface area contributed by atoms with Crippen molar-refractivity contribution in [2.45, 2.75) is 38.5 Å². The summed E-state index contributed by atoms with van der Waals surface area (Å²) in [6.07, 6.45) is 7.61. The first-order chi connectivity index (χ1) is 12.5. The van der Waals surface area contributed by atoms with Gasteiger partial charge in [0.2, 0.25) is 0 Å². The Kier molecular flexibility index (Phi) is 7.46. The summed E-state index contributed by atoms with van der Waals surface area (Å²) in [6, 6.07) is 7.48. The maximum absolute atomic E-state index is 12.5. The Morgan fingerprint density at radius 2 is 1.69 bits per heavy atom. The zero-order valence-electron chi connectivity index (χ0n) is 15.5. The number of carbonyl (C=O) groups excluding carboxylic acids is 2. The molecule has 0 amide bonds. The highest BCUT2D eigenvalue weighted by Crippen LogP contribution is 2.41. The number of hydrogen-bond donors (Lipinski definition) is 0. The van der Waals surface area contributed by atoms with Crippen LogP contribution in [0.3, 0.4) is 0 Å². The van der Waals surface area contributed by atoms with Crippen LogP contribution in [0.15, 0.2) is 47.6 Å². The molecule has 2 atom stereocenters. The van der Waals surface area contributed by atoms with Gasteiger partial charge in [0.05, 0.1) is 19.8 Å². The lowest BCUT2D eigenvalue weighted by Gasteiger charge is -2.30. The number of halogens is 1. The van der Waals surface area contributed by atoms with Crippen molar-refractivity contribution < 1.29 is 19.1 Å². The summed E-state index contributed by atoms with van der Waals surface area (Å²) in [7, 11) is 2.69. The molecule has 0 fully saturated rings. The van der Waals surface area contributed by atoms with E-state index >= 15 is 0 Å². The van der Waals surface area contributed by atoms with Crippen molar-refractivity contribution in [1.29, 1.82) is 0 Å². The van der Waals surface area contributed by atoms with Gasteiger partial charge in [0.15, 0.2) is 0 Å². The predicted octanol–water partition coefficient (Wildman–Crippen LogP) is 4.83. The van der Waals surface area contributed by atoms with Crippen molar-refractivity contribution in [3.63, 3.8) is 0 Å². The summed E-state index contributed by atoms with van der Waals surface area (Å²) in [5, 5.41) is 0.640. The van der Waals surface area contributed by atoms with Gasteiger partial charge < -0.3 is 9.47 Å². The molecule has 1 aliphatic rings. The van der Waals surface area contributed by atoms with Gasteiger partial charge in [0, 0.05) is 16.5 Å². The molecule has 0 heterocycles. The van der Waals surface area contributed by atoms with E-state index in [0.717, 1.165) is 31.2 Å². The van der Waals surface area contributed by atoms with E-state index in [1.807, 2.05) is 30.3 Å². The van der Waals surface area contributed by atoms with Crippen molar-refractivity contribution in [2.24, 2.45) is 5.92 Å². The van der Waals surface area contributed by atoms with Crippen LogP contribution in [0.25, 0.3) is 0 Å². The van der Waals surface area contributed by atoms with Gasteiger partial charge in [0.25, 0.3) is 0 Å². The summed E-state index contributed by atoms with van der Waals surface area (Å²) in [5.74, 6) is -1.04. The monoisotopic (exact) mass is 376 g/mol. The van der Waals surface area contributed by atoms with Crippen molar-refractivity contribution in [3.05, 3.63) is 58.1 Å². The maximum atomic E-state index is 12.5. The average molecular weight is 377 g/mol. The molecule has 140 valence electrons. The number of esters is 2. The standard InChI is InChI=1S/C21H25ClO4/c1-4-5-6-7-15-12-16(20(23)25-2)13-18(21(24)26-3)19(15)14-8-10-17(22)11-9-14/h8-13,15,19H,4-7H2,1-3H3/t15-,19+/m0/s1. The maximum Gasteiger partial charge on any atom is 0.337 e. The summed E-state index contributed by atoms with van der Waals surface area (Å²) in [4.78, 5) is 24.5. The average Bonchev–Trinajstić information content (AvgIpc) is 2.67. The van der Waals surface area contributed by atoms with Crippen LogP contribution in [0.4, 0.5) is 0 Å². The van der Waals surface area contributed by atoms with Gasteiger partial charge in [0.1, 0.15) is 0 Å². The van der Waals surface area contributed by atoms with Crippen LogP contribution < -0.4 is 0 Å². The summed E-state index contributed by atoms with van der Waals surface area (Å²) >= 11 is 6.02. The number of unbranched alkanes of at least 4 members (excludes halogenated alkanes) is 2. The fourth-order valence-electron chi connectivity index (χ4n) is 3.39. The second-order valence-electron chi connectivity index (χ2n) is 6.39. The Labute approximate surface area is 159 Å². The fourth-order valence-corrected chi connectivity index (χ4v) is 3.51. The largest absolute Gasteiger partial charge is 0.466 e. The van der Waals surface area contributed by atoms with Crippen molar-refractivity contribution >= 4 is 23.5 Å². The smallest absolute Gasteiger partial charge is 0.337 e. The normalized spacial score (nSPS) is 19.4. The first-order valence-electron chi connectivity index (χ1n) is 8.87. The van der Waals surface area contributed by atoms with E-state index in [4.69, 9.17) is 21.1 Å². The molecule has 1 aromatic carbocycles. The van der Waals surface area contributed by atoms with Crippen molar-refractivity contribution in [2.75, 3.05) is 14.2 Å². The topological polar surface area (TPSA) is 52.6 Å². The Hall–Kier alpha value is -2.07. The number of hydrogen-bond acceptors (Lipinski definition) is 4. The quantitative estimate of drug-likeness (QED) is 0.505. The van der Waals surface area contributed by atoms with Gasteiger partial charge in [-0.2, -0.15) is 0 Å². The van der Waals surface area contributed by atoms with E-state index in [0.29, 0.717) is 16.2 Å². The Balaban J connectivity index is 2.48. The SMILES string of the molecule is CCCCC[C@H]1C=C(C(=O)OC)C=C(C(=O)OC)[C@@H]1c1ccc(Cl)cc1.